The number of aryl methyl sites for hydroxylation is 1. The Morgan fingerprint density at radius 1 is 1.00 bits per heavy atom. The molecule has 0 aliphatic carbocycles. The third-order valence-electron chi connectivity index (χ3n) is 3.10. The Morgan fingerprint density at radius 3 is 2.71 bits per heavy atom. The Morgan fingerprint density at radius 2 is 1.82 bits per heavy atom. The quantitative estimate of drug-likeness (QED) is 0.585. The van der Waals surface area contributed by atoms with Crippen LogP contribution in [0.5, 0.6) is 0 Å². The van der Waals surface area contributed by atoms with Crippen LogP contribution in [0.4, 0.5) is 0 Å². The van der Waals surface area contributed by atoms with Crippen LogP contribution in [0.2, 0.25) is 0 Å². The molecule has 84 valence electrons. The first-order valence-electron chi connectivity index (χ1n) is 5.90. The fourth-order valence-corrected chi connectivity index (χ4v) is 2.26. The van der Waals surface area contributed by atoms with Gasteiger partial charge in [-0.1, -0.05) is 42.5 Å². The summed E-state index contributed by atoms with van der Waals surface area (Å²) < 4.78 is 5.95. The summed E-state index contributed by atoms with van der Waals surface area (Å²) in [5.41, 5.74) is 3.25. The standard InChI is InChI=1S/C16H14O/c1-2-3-7-12-8-6-10-14-13-9-4-5-11-15(13)17-16(12)14/h2,4-6,8-11H,1,3,7H2. The molecule has 0 amide bonds. The zero-order valence-corrected chi connectivity index (χ0v) is 9.65. The molecular formula is C16H14O. The second-order valence-electron chi connectivity index (χ2n) is 4.22. The Hall–Kier alpha value is -2.02. The lowest BCUT2D eigenvalue weighted by atomic mass is 10.1. The molecule has 17 heavy (non-hydrogen) atoms. The Labute approximate surface area is 100 Å². The molecule has 0 N–H and O–H groups in total. The minimum atomic E-state index is 0.966. The van der Waals surface area contributed by atoms with Crippen LogP contribution in [-0.2, 0) is 6.42 Å². The Balaban J connectivity index is 2.27. The van der Waals surface area contributed by atoms with Crippen molar-refractivity contribution in [3.63, 3.8) is 0 Å². The average Bonchev–Trinajstić information content (AvgIpc) is 2.75. The van der Waals surface area contributed by atoms with Gasteiger partial charge < -0.3 is 4.42 Å². The van der Waals surface area contributed by atoms with Crippen molar-refractivity contribution in [1.82, 2.24) is 0 Å². The lowest BCUT2D eigenvalue weighted by molar-refractivity contribution is 0.662. The summed E-state index contributed by atoms with van der Waals surface area (Å²) in [5, 5.41) is 2.41. The van der Waals surface area contributed by atoms with E-state index >= 15 is 0 Å². The van der Waals surface area contributed by atoms with E-state index in [-0.39, 0.29) is 0 Å². The van der Waals surface area contributed by atoms with Crippen molar-refractivity contribution < 1.29 is 4.42 Å². The molecule has 0 aliphatic heterocycles. The number of hydrogen-bond acceptors (Lipinski definition) is 1. The number of benzene rings is 2. The molecule has 3 rings (SSSR count). The number of allylic oxidation sites excluding steroid dienone is 1. The first-order valence-corrected chi connectivity index (χ1v) is 5.90. The van der Waals surface area contributed by atoms with Crippen LogP contribution in [0.3, 0.4) is 0 Å². The predicted molar refractivity (Wildman–Crippen MR) is 72.2 cm³/mol. The SMILES string of the molecule is C=CCCc1cccc2c1oc1ccccc12. The van der Waals surface area contributed by atoms with Crippen molar-refractivity contribution in [2.24, 2.45) is 0 Å². The van der Waals surface area contributed by atoms with Gasteiger partial charge in [-0.3, -0.25) is 0 Å². The highest BCUT2D eigenvalue weighted by Gasteiger charge is 2.08. The molecular weight excluding hydrogens is 208 g/mol. The van der Waals surface area contributed by atoms with Crippen molar-refractivity contribution in [1.29, 1.82) is 0 Å². The summed E-state index contributed by atoms with van der Waals surface area (Å²) in [7, 11) is 0. The third kappa shape index (κ3) is 1.64. The van der Waals surface area contributed by atoms with E-state index in [1.54, 1.807) is 0 Å². The van der Waals surface area contributed by atoms with Crippen LogP contribution >= 0.6 is 0 Å². The zero-order chi connectivity index (χ0) is 11.7. The molecule has 0 unspecified atom stereocenters. The van der Waals surface area contributed by atoms with Crippen LogP contribution in [0.1, 0.15) is 12.0 Å². The van der Waals surface area contributed by atoms with E-state index in [1.807, 2.05) is 24.3 Å². The van der Waals surface area contributed by atoms with E-state index in [0.717, 1.165) is 24.0 Å². The molecule has 0 saturated heterocycles. The molecule has 0 bridgehead atoms. The lowest BCUT2D eigenvalue weighted by Gasteiger charge is -1.98. The van der Waals surface area contributed by atoms with Crippen LogP contribution < -0.4 is 0 Å². The van der Waals surface area contributed by atoms with E-state index in [1.165, 1.54) is 16.3 Å². The minimum absolute atomic E-state index is 0.966. The number of fused-ring (bicyclic) bond motifs is 3. The Kier molecular flexibility index (Phi) is 2.45. The van der Waals surface area contributed by atoms with Crippen LogP contribution in [0.15, 0.2) is 59.5 Å². The molecule has 2 aromatic carbocycles. The van der Waals surface area contributed by atoms with Crippen LogP contribution in [0, 0.1) is 0 Å². The van der Waals surface area contributed by atoms with E-state index in [2.05, 4.69) is 30.8 Å². The van der Waals surface area contributed by atoms with E-state index in [4.69, 9.17) is 4.42 Å². The third-order valence-corrected chi connectivity index (χ3v) is 3.10. The average molecular weight is 222 g/mol. The summed E-state index contributed by atoms with van der Waals surface area (Å²) >= 11 is 0. The van der Waals surface area contributed by atoms with Gasteiger partial charge in [0, 0.05) is 10.8 Å². The summed E-state index contributed by atoms with van der Waals surface area (Å²) in [6.45, 7) is 3.77. The largest absolute Gasteiger partial charge is 0.456 e. The first-order chi connectivity index (χ1) is 8.40. The topological polar surface area (TPSA) is 13.1 Å². The second kappa shape index (κ2) is 4.10. The van der Waals surface area contributed by atoms with Gasteiger partial charge in [0.15, 0.2) is 0 Å². The maximum absolute atomic E-state index is 5.95. The molecule has 1 aromatic heterocycles. The molecule has 1 nitrogen and oxygen atoms in total. The number of rotatable bonds is 3. The molecule has 0 fully saturated rings. The van der Waals surface area contributed by atoms with E-state index in [9.17, 15) is 0 Å². The normalized spacial score (nSPS) is 11.1. The molecule has 0 spiro atoms. The predicted octanol–water partition coefficient (Wildman–Crippen LogP) is 4.70. The number of furan rings is 1. The molecule has 0 aliphatic rings. The van der Waals surface area contributed by atoms with Crippen molar-refractivity contribution in [2.45, 2.75) is 12.8 Å². The smallest absolute Gasteiger partial charge is 0.138 e. The fraction of sp³-hybridized carbons (Fsp3) is 0.125. The minimum Gasteiger partial charge on any atom is -0.456 e. The maximum atomic E-state index is 5.95. The lowest BCUT2D eigenvalue weighted by Crippen LogP contribution is -1.83. The maximum Gasteiger partial charge on any atom is 0.138 e. The molecule has 1 heteroatoms. The van der Waals surface area contributed by atoms with Crippen LogP contribution in [0.25, 0.3) is 21.9 Å². The number of para-hydroxylation sites is 2. The van der Waals surface area contributed by atoms with E-state index in [0.29, 0.717) is 0 Å². The highest BCUT2D eigenvalue weighted by Crippen LogP contribution is 2.31. The summed E-state index contributed by atoms with van der Waals surface area (Å²) in [4.78, 5) is 0. The van der Waals surface area contributed by atoms with Gasteiger partial charge in [-0.2, -0.15) is 0 Å². The highest BCUT2D eigenvalue weighted by atomic mass is 16.3. The Bertz CT molecular complexity index is 676. The first kappa shape index (κ1) is 10.2. The molecule has 0 atom stereocenters. The van der Waals surface area contributed by atoms with Gasteiger partial charge in [-0.25, -0.2) is 0 Å². The molecule has 0 radical (unpaired) electrons. The van der Waals surface area contributed by atoms with Gasteiger partial charge >= 0.3 is 0 Å². The number of hydrogen-bond donors (Lipinski definition) is 0. The summed E-state index contributed by atoms with van der Waals surface area (Å²) in [5.74, 6) is 0. The molecule has 3 aromatic rings. The second-order valence-corrected chi connectivity index (χ2v) is 4.22. The summed E-state index contributed by atoms with van der Waals surface area (Å²) in [6, 6.07) is 14.5. The monoisotopic (exact) mass is 222 g/mol. The van der Waals surface area contributed by atoms with Crippen molar-refractivity contribution in [3.05, 3.63) is 60.7 Å². The van der Waals surface area contributed by atoms with Crippen molar-refractivity contribution >= 4 is 21.9 Å². The van der Waals surface area contributed by atoms with Gasteiger partial charge in [-0.05, 0) is 24.5 Å². The van der Waals surface area contributed by atoms with Gasteiger partial charge in [0.05, 0.1) is 0 Å². The van der Waals surface area contributed by atoms with Crippen LogP contribution in [-0.4, -0.2) is 0 Å². The van der Waals surface area contributed by atoms with Crippen molar-refractivity contribution in [3.8, 4) is 0 Å². The van der Waals surface area contributed by atoms with Gasteiger partial charge in [0.25, 0.3) is 0 Å². The van der Waals surface area contributed by atoms with E-state index < -0.39 is 0 Å². The zero-order valence-electron chi connectivity index (χ0n) is 9.65. The van der Waals surface area contributed by atoms with Gasteiger partial charge in [0.2, 0.25) is 0 Å². The van der Waals surface area contributed by atoms with Crippen molar-refractivity contribution in [2.75, 3.05) is 0 Å². The molecule has 1 heterocycles. The summed E-state index contributed by atoms with van der Waals surface area (Å²) in [6.07, 6.45) is 3.91. The van der Waals surface area contributed by atoms with Gasteiger partial charge in [-0.15, -0.1) is 6.58 Å². The molecule has 0 saturated carbocycles. The highest BCUT2D eigenvalue weighted by molar-refractivity contribution is 6.05. The van der Waals surface area contributed by atoms with Gasteiger partial charge in [0.1, 0.15) is 11.2 Å². The fourth-order valence-electron chi connectivity index (χ4n) is 2.26.